The zero-order valence-electron chi connectivity index (χ0n) is 22.9. The number of carbonyl (C=O) groups excluding carboxylic acids is 2. The maximum Gasteiger partial charge on any atom is 0.297 e. The second kappa shape index (κ2) is 11.4. The summed E-state index contributed by atoms with van der Waals surface area (Å²) in [5.41, 5.74) is 0.514. The maximum absolute atomic E-state index is 12.9. The van der Waals surface area contributed by atoms with E-state index in [0.717, 1.165) is 5.56 Å². The van der Waals surface area contributed by atoms with Gasteiger partial charge in [0.15, 0.2) is 0 Å². The highest BCUT2D eigenvalue weighted by Gasteiger charge is 2.27. The van der Waals surface area contributed by atoms with E-state index in [-0.39, 0.29) is 28.1 Å². The van der Waals surface area contributed by atoms with Crippen LogP contribution in [0.15, 0.2) is 65.6 Å². The van der Waals surface area contributed by atoms with Crippen molar-refractivity contribution in [3.05, 3.63) is 71.8 Å². The van der Waals surface area contributed by atoms with Gasteiger partial charge in [0.05, 0.1) is 17.4 Å². The molecule has 0 heterocycles. The Morgan fingerprint density at radius 1 is 0.921 bits per heavy atom. The topological polar surface area (TPSA) is 110 Å². The Morgan fingerprint density at radius 3 is 2.13 bits per heavy atom. The number of ketones is 1. The van der Waals surface area contributed by atoms with E-state index in [2.05, 4.69) is 5.32 Å². The van der Waals surface area contributed by atoms with Crippen molar-refractivity contribution in [1.29, 1.82) is 0 Å². The molecule has 0 aliphatic carbocycles. The van der Waals surface area contributed by atoms with Crippen molar-refractivity contribution in [2.45, 2.75) is 77.4 Å². The Labute approximate surface area is 225 Å². The minimum absolute atomic E-state index is 0.00552. The van der Waals surface area contributed by atoms with Gasteiger partial charge in [-0.2, -0.15) is 8.42 Å². The van der Waals surface area contributed by atoms with Crippen LogP contribution < -0.4 is 5.32 Å². The summed E-state index contributed by atoms with van der Waals surface area (Å²) in [4.78, 5) is 25.2. The normalized spacial score (nSPS) is 13.3. The van der Waals surface area contributed by atoms with E-state index in [1.807, 2.05) is 53.7 Å². The lowest BCUT2D eigenvalue weighted by molar-refractivity contribution is -0.133. The molecule has 8 heteroatoms. The Bertz CT molecular complexity index is 1410. The predicted octanol–water partition coefficient (Wildman–Crippen LogP) is 6.46. The van der Waals surface area contributed by atoms with Gasteiger partial charge in [-0.1, -0.05) is 63.2 Å². The zero-order valence-corrected chi connectivity index (χ0v) is 23.7. The average Bonchev–Trinajstić information content (AvgIpc) is 2.80. The number of hydrogen-bond donors (Lipinski definition) is 2. The number of Topliss-reactive ketones (excluding diaryl/α,β-unsaturated/α-hetero) is 1. The Balaban J connectivity index is 1.73. The summed E-state index contributed by atoms with van der Waals surface area (Å²) in [7, 11) is -4.59. The van der Waals surface area contributed by atoms with Crippen molar-refractivity contribution in [1.82, 2.24) is 0 Å². The first kappa shape index (κ1) is 29.5. The number of fused-ring (bicyclic) bond motifs is 1. The molecule has 1 atom stereocenters. The first-order chi connectivity index (χ1) is 17.5. The number of aryl methyl sites for hydroxylation is 1. The fourth-order valence-corrected chi connectivity index (χ4v) is 5.04. The molecule has 0 spiro atoms. The third kappa shape index (κ3) is 7.96. The van der Waals surface area contributed by atoms with E-state index in [9.17, 15) is 22.6 Å². The van der Waals surface area contributed by atoms with Gasteiger partial charge >= 0.3 is 0 Å². The molecule has 3 rings (SSSR count). The van der Waals surface area contributed by atoms with E-state index < -0.39 is 21.4 Å². The molecule has 0 aliphatic heterocycles. The van der Waals surface area contributed by atoms with Crippen molar-refractivity contribution in [3.8, 4) is 0 Å². The SMILES string of the molecule is CC(C)(C)OC(CCc1ccc(C(=O)Nc2ccc3ccccc3c2S(=O)(=O)O)cc1)CC(=O)C(C)(C)C. The highest BCUT2D eigenvalue weighted by Crippen LogP contribution is 2.31. The molecule has 2 N–H and O–H groups in total. The second-order valence-corrected chi connectivity index (χ2v) is 12.9. The average molecular weight is 540 g/mol. The molecule has 1 unspecified atom stereocenters. The molecule has 3 aromatic rings. The fraction of sp³-hybridized carbons (Fsp3) is 0.400. The number of amides is 1. The summed E-state index contributed by atoms with van der Waals surface area (Å²) in [6, 6.07) is 16.9. The standard InChI is InChI=1S/C30H37NO6S/c1-29(2,3)26(32)19-23(37-30(4,5)6)17-13-20-11-14-22(15-12-20)28(33)31-25-18-16-21-9-7-8-10-24(21)27(25)38(34,35)36/h7-12,14-16,18,23H,13,17,19H2,1-6H3,(H,31,33)(H,34,35,36). The van der Waals surface area contributed by atoms with Crippen LogP contribution in [-0.2, 0) is 26.1 Å². The fourth-order valence-electron chi connectivity index (χ4n) is 4.18. The van der Waals surface area contributed by atoms with Crippen molar-refractivity contribution >= 4 is 38.3 Å². The van der Waals surface area contributed by atoms with E-state index in [1.165, 1.54) is 6.07 Å². The number of ether oxygens (including phenoxy) is 1. The van der Waals surface area contributed by atoms with Gasteiger partial charge in [0.1, 0.15) is 10.7 Å². The minimum Gasteiger partial charge on any atom is -0.372 e. The summed E-state index contributed by atoms with van der Waals surface area (Å²) < 4.78 is 40.3. The number of hydrogen-bond acceptors (Lipinski definition) is 5. The Hall–Kier alpha value is -3.07. The Morgan fingerprint density at radius 2 is 1.55 bits per heavy atom. The number of nitrogens with one attached hydrogen (secondary N) is 1. The first-order valence-electron chi connectivity index (χ1n) is 12.7. The van der Waals surface area contributed by atoms with E-state index in [0.29, 0.717) is 35.6 Å². The highest BCUT2D eigenvalue weighted by atomic mass is 32.2. The number of rotatable bonds is 9. The third-order valence-corrected chi connectivity index (χ3v) is 7.08. The lowest BCUT2D eigenvalue weighted by atomic mass is 9.86. The van der Waals surface area contributed by atoms with Crippen molar-refractivity contribution in [3.63, 3.8) is 0 Å². The quantitative estimate of drug-likeness (QED) is 0.302. The van der Waals surface area contributed by atoms with Crippen LogP contribution in [0, 0.1) is 5.41 Å². The molecule has 204 valence electrons. The molecule has 0 aliphatic rings. The van der Waals surface area contributed by atoms with E-state index >= 15 is 0 Å². The summed E-state index contributed by atoms with van der Waals surface area (Å²) in [5, 5.41) is 3.57. The van der Waals surface area contributed by atoms with Crippen molar-refractivity contribution in [2.24, 2.45) is 5.41 Å². The molecule has 0 saturated heterocycles. The first-order valence-corrected chi connectivity index (χ1v) is 14.1. The van der Waals surface area contributed by atoms with Crippen LogP contribution in [0.3, 0.4) is 0 Å². The van der Waals surface area contributed by atoms with Gasteiger partial charge in [0.25, 0.3) is 16.0 Å². The third-order valence-electron chi connectivity index (χ3n) is 6.13. The molecule has 1 amide bonds. The molecule has 7 nitrogen and oxygen atoms in total. The molecule has 3 aromatic carbocycles. The summed E-state index contributed by atoms with van der Waals surface area (Å²) in [5.74, 6) is -0.349. The molecule has 38 heavy (non-hydrogen) atoms. The minimum atomic E-state index is -4.59. The van der Waals surface area contributed by atoms with Crippen LogP contribution in [0.25, 0.3) is 10.8 Å². The molecule has 0 saturated carbocycles. The van der Waals surface area contributed by atoms with Gasteiger partial charge in [-0.15, -0.1) is 0 Å². The smallest absolute Gasteiger partial charge is 0.297 e. The van der Waals surface area contributed by atoms with Crippen molar-refractivity contribution in [2.75, 3.05) is 5.32 Å². The number of carbonyl (C=O) groups is 2. The molecule has 0 fully saturated rings. The van der Waals surface area contributed by atoms with Gasteiger partial charge in [-0.3, -0.25) is 14.1 Å². The van der Waals surface area contributed by atoms with Crippen LogP contribution in [0.4, 0.5) is 5.69 Å². The van der Waals surface area contributed by atoms with Crippen LogP contribution in [0.2, 0.25) is 0 Å². The summed E-state index contributed by atoms with van der Waals surface area (Å²) in [6.07, 6.45) is 1.43. The van der Waals surface area contributed by atoms with Crippen molar-refractivity contribution < 1.29 is 27.3 Å². The highest BCUT2D eigenvalue weighted by molar-refractivity contribution is 7.86. The maximum atomic E-state index is 12.9. The molecule has 0 bridgehead atoms. The lowest BCUT2D eigenvalue weighted by Crippen LogP contribution is -2.32. The van der Waals surface area contributed by atoms with Crippen LogP contribution in [0.1, 0.15) is 70.3 Å². The van der Waals surface area contributed by atoms with Crippen LogP contribution in [-0.4, -0.2) is 36.4 Å². The zero-order chi connectivity index (χ0) is 28.3. The van der Waals surface area contributed by atoms with Gasteiger partial charge in [-0.25, -0.2) is 0 Å². The second-order valence-electron chi connectivity index (χ2n) is 11.6. The van der Waals surface area contributed by atoms with Gasteiger partial charge in [-0.05, 0) is 62.8 Å². The van der Waals surface area contributed by atoms with Gasteiger partial charge in [0.2, 0.25) is 0 Å². The van der Waals surface area contributed by atoms with E-state index in [1.54, 1.807) is 42.5 Å². The summed E-state index contributed by atoms with van der Waals surface area (Å²) >= 11 is 0. The molecular weight excluding hydrogens is 502 g/mol. The summed E-state index contributed by atoms with van der Waals surface area (Å²) in [6.45, 7) is 11.6. The monoisotopic (exact) mass is 539 g/mol. The Kier molecular flexibility index (Phi) is 8.81. The van der Waals surface area contributed by atoms with Gasteiger partial charge < -0.3 is 10.1 Å². The molecule has 0 radical (unpaired) electrons. The predicted molar refractivity (Wildman–Crippen MR) is 150 cm³/mol. The molecule has 0 aromatic heterocycles. The number of anilines is 1. The van der Waals surface area contributed by atoms with Gasteiger partial charge in [0, 0.05) is 22.8 Å². The number of benzene rings is 3. The van der Waals surface area contributed by atoms with Crippen LogP contribution >= 0.6 is 0 Å². The largest absolute Gasteiger partial charge is 0.372 e. The lowest BCUT2D eigenvalue weighted by Gasteiger charge is -2.29. The van der Waals surface area contributed by atoms with E-state index in [4.69, 9.17) is 4.74 Å². The van der Waals surface area contributed by atoms with Crippen LogP contribution in [0.5, 0.6) is 0 Å². The molecular formula is C30H37NO6S.